The summed E-state index contributed by atoms with van der Waals surface area (Å²) < 4.78 is 0. The molecule has 3 heterocycles. The van der Waals surface area contributed by atoms with E-state index in [0.717, 1.165) is 36.8 Å². The molecule has 22 heavy (non-hydrogen) atoms. The monoisotopic (exact) mass is 320 g/mol. The highest BCUT2D eigenvalue weighted by Gasteiger charge is 2.22. The van der Waals surface area contributed by atoms with Crippen LogP contribution in [-0.4, -0.2) is 39.0 Å². The van der Waals surface area contributed by atoms with Gasteiger partial charge in [-0.1, -0.05) is 0 Å². The van der Waals surface area contributed by atoms with Crippen LogP contribution in [0.4, 0.5) is 16.8 Å². The molecule has 0 aliphatic carbocycles. The highest BCUT2D eigenvalue weighted by atomic mass is 32.1. The number of rotatable bonds is 4. The van der Waals surface area contributed by atoms with Crippen LogP contribution >= 0.6 is 11.3 Å². The van der Waals surface area contributed by atoms with Gasteiger partial charge in [0.1, 0.15) is 12.4 Å². The van der Waals surface area contributed by atoms with E-state index < -0.39 is 4.92 Å². The zero-order valence-corrected chi connectivity index (χ0v) is 12.9. The molecule has 8 nitrogen and oxygen atoms in total. The average molecular weight is 320 g/mol. The minimum atomic E-state index is -0.490. The number of thiazole rings is 1. The van der Waals surface area contributed by atoms with Gasteiger partial charge in [-0.15, -0.1) is 11.3 Å². The molecule has 0 amide bonds. The fourth-order valence-corrected chi connectivity index (χ4v) is 3.16. The van der Waals surface area contributed by atoms with Gasteiger partial charge in [-0.05, 0) is 19.8 Å². The van der Waals surface area contributed by atoms with Crippen LogP contribution in [0.5, 0.6) is 0 Å². The molecule has 0 atom stereocenters. The maximum atomic E-state index is 10.6. The Morgan fingerprint density at radius 3 is 2.59 bits per heavy atom. The molecular formula is C13H16N6O2S. The lowest BCUT2D eigenvalue weighted by Gasteiger charge is -2.32. The number of nitrogens with one attached hydrogen (secondary N) is 1. The number of nitro groups is 1. The molecule has 116 valence electrons. The van der Waals surface area contributed by atoms with Crippen molar-refractivity contribution < 1.29 is 4.92 Å². The molecule has 1 fully saturated rings. The molecule has 0 aromatic carbocycles. The molecule has 0 bridgehead atoms. The van der Waals surface area contributed by atoms with E-state index in [4.69, 9.17) is 0 Å². The SMILES string of the molecule is Cc1csc(NC2CCN(c3ncc([N+](=O)[O-])cn3)CC2)n1. The number of aryl methyl sites for hydroxylation is 1. The molecular weight excluding hydrogens is 304 g/mol. The summed E-state index contributed by atoms with van der Waals surface area (Å²) in [5, 5.41) is 17.0. The third kappa shape index (κ3) is 3.30. The first-order valence-electron chi connectivity index (χ1n) is 7.02. The molecule has 0 saturated carbocycles. The van der Waals surface area contributed by atoms with E-state index in [2.05, 4.69) is 25.2 Å². The lowest BCUT2D eigenvalue weighted by Crippen LogP contribution is -2.39. The Bertz CT molecular complexity index is 651. The molecule has 2 aromatic rings. The van der Waals surface area contributed by atoms with Crippen LogP contribution in [-0.2, 0) is 0 Å². The summed E-state index contributed by atoms with van der Waals surface area (Å²) in [6.45, 7) is 3.62. The van der Waals surface area contributed by atoms with Gasteiger partial charge >= 0.3 is 5.69 Å². The summed E-state index contributed by atoms with van der Waals surface area (Å²) in [6.07, 6.45) is 4.42. The van der Waals surface area contributed by atoms with E-state index in [0.29, 0.717) is 12.0 Å². The van der Waals surface area contributed by atoms with Gasteiger partial charge in [0.05, 0.1) is 10.6 Å². The second kappa shape index (κ2) is 6.22. The fraction of sp³-hybridized carbons (Fsp3) is 0.462. The topological polar surface area (TPSA) is 97.1 Å². The molecule has 1 saturated heterocycles. The summed E-state index contributed by atoms with van der Waals surface area (Å²) in [4.78, 5) is 24.7. The maximum absolute atomic E-state index is 10.6. The number of anilines is 2. The average Bonchev–Trinajstić information content (AvgIpc) is 2.93. The minimum Gasteiger partial charge on any atom is -0.359 e. The van der Waals surface area contributed by atoms with Crippen molar-refractivity contribution in [1.29, 1.82) is 0 Å². The smallest absolute Gasteiger partial charge is 0.305 e. The summed E-state index contributed by atoms with van der Waals surface area (Å²) in [5.74, 6) is 0.550. The van der Waals surface area contributed by atoms with Crippen molar-refractivity contribution in [3.05, 3.63) is 33.6 Å². The van der Waals surface area contributed by atoms with Crippen LogP contribution in [0.15, 0.2) is 17.8 Å². The van der Waals surface area contributed by atoms with E-state index in [-0.39, 0.29) is 5.69 Å². The van der Waals surface area contributed by atoms with Crippen molar-refractivity contribution in [3.63, 3.8) is 0 Å². The predicted octanol–water partition coefficient (Wildman–Crippen LogP) is 2.23. The van der Waals surface area contributed by atoms with Crippen molar-refractivity contribution in [3.8, 4) is 0 Å². The largest absolute Gasteiger partial charge is 0.359 e. The van der Waals surface area contributed by atoms with Gasteiger partial charge in [0.2, 0.25) is 5.95 Å². The Labute approximate surface area is 131 Å². The minimum absolute atomic E-state index is 0.0838. The molecule has 0 unspecified atom stereocenters. The van der Waals surface area contributed by atoms with Gasteiger partial charge in [-0.2, -0.15) is 0 Å². The lowest BCUT2D eigenvalue weighted by atomic mass is 10.1. The molecule has 2 aromatic heterocycles. The summed E-state index contributed by atoms with van der Waals surface area (Å²) >= 11 is 1.62. The van der Waals surface area contributed by atoms with Gasteiger partial charge in [0.15, 0.2) is 5.13 Å². The number of piperidine rings is 1. The van der Waals surface area contributed by atoms with Crippen LogP contribution in [0.3, 0.4) is 0 Å². The van der Waals surface area contributed by atoms with Crippen LogP contribution in [0.2, 0.25) is 0 Å². The van der Waals surface area contributed by atoms with Crippen molar-refractivity contribution in [2.45, 2.75) is 25.8 Å². The Morgan fingerprint density at radius 1 is 1.36 bits per heavy atom. The molecule has 0 radical (unpaired) electrons. The Morgan fingerprint density at radius 2 is 2.05 bits per heavy atom. The Balaban J connectivity index is 1.56. The van der Waals surface area contributed by atoms with Gasteiger partial charge in [-0.25, -0.2) is 15.0 Å². The third-order valence-electron chi connectivity index (χ3n) is 3.56. The van der Waals surface area contributed by atoms with E-state index in [1.165, 1.54) is 12.4 Å². The number of hydrogen-bond acceptors (Lipinski definition) is 8. The van der Waals surface area contributed by atoms with Gasteiger partial charge in [0, 0.05) is 24.5 Å². The van der Waals surface area contributed by atoms with E-state index in [1.807, 2.05) is 12.3 Å². The van der Waals surface area contributed by atoms with Crippen molar-refractivity contribution in [2.24, 2.45) is 0 Å². The van der Waals surface area contributed by atoms with Crippen molar-refractivity contribution in [1.82, 2.24) is 15.0 Å². The molecule has 0 spiro atoms. The Hall–Kier alpha value is -2.29. The normalized spacial score (nSPS) is 15.8. The second-order valence-electron chi connectivity index (χ2n) is 5.20. The number of nitrogens with zero attached hydrogens (tertiary/aromatic N) is 5. The number of aromatic nitrogens is 3. The zero-order valence-electron chi connectivity index (χ0n) is 12.1. The first kappa shape index (κ1) is 14.6. The highest BCUT2D eigenvalue weighted by Crippen LogP contribution is 2.22. The quantitative estimate of drug-likeness (QED) is 0.681. The fourth-order valence-electron chi connectivity index (χ4n) is 2.39. The van der Waals surface area contributed by atoms with Crippen molar-refractivity contribution in [2.75, 3.05) is 23.3 Å². The van der Waals surface area contributed by atoms with E-state index in [1.54, 1.807) is 11.3 Å². The molecule has 1 aliphatic rings. The van der Waals surface area contributed by atoms with Crippen LogP contribution in [0.25, 0.3) is 0 Å². The first-order chi connectivity index (χ1) is 10.6. The molecule has 1 aliphatic heterocycles. The first-order valence-corrected chi connectivity index (χ1v) is 7.90. The highest BCUT2D eigenvalue weighted by molar-refractivity contribution is 7.13. The van der Waals surface area contributed by atoms with Gasteiger partial charge < -0.3 is 10.2 Å². The van der Waals surface area contributed by atoms with Crippen LogP contribution in [0, 0.1) is 17.0 Å². The standard InChI is InChI=1S/C13H16N6O2S/c1-9-8-22-13(16-9)17-10-2-4-18(5-3-10)12-14-6-11(7-15-12)19(20)21/h6-8,10H,2-5H2,1H3,(H,16,17). The lowest BCUT2D eigenvalue weighted by molar-refractivity contribution is -0.385. The third-order valence-corrected chi connectivity index (χ3v) is 4.45. The van der Waals surface area contributed by atoms with Crippen LogP contribution < -0.4 is 10.2 Å². The number of hydrogen-bond donors (Lipinski definition) is 1. The van der Waals surface area contributed by atoms with E-state index >= 15 is 0 Å². The second-order valence-corrected chi connectivity index (χ2v) is 6.06. The summed E-state index contributed by atoms with van der Waals surface area (Å²) in [7, 11) is 0. The summed E-state index contributed by atoms with van der Waals surface area (Å²) in [5.41, 5.74) is 0.948. The van der Waals surface area contributed by atoms with Crippen LogP contribution in [0.1, 0.15) is 18.5 Å². The molecule has 9 heteroatoms. The summed E-state index contributed by atoms with van der Waals surface area (Å²) in [6, 6.07) is 0.389. The van der Waals surface area contributed by atoms with Gasteiger partial charge in [-0.3, -0.25) is 10.1 Å². The van der Waals surface area contributed by atoms with Crippen molar-refractivity contribution >= 4 is 28.1 Å². The van der Waals surface area contributed by atoms with E-state index in [9.17, 15) is 10.1 Å². The van der Waals surface area contributed by atoms with Gasteiger partial charge in [0.25, 0.3) is 0 Å². The Kier molecular flexibility index (Phi) is 4.14. The zero-order chi connectivity index (χ0) is 15.5. The molecule has 3 rings (SSSR count). The maximum Gasteiger partial charge on any atom is 0.305 e. The predicted molar refractivity (Wildman–Crippen MR) is 84.4 cm³/mol. The molecule has 1 N–H and O–H groups in total.